The molecule has 0 rings (SSSR count). The Kier molecular flexibility index (Phi) is 5.76. The largest absolute Gasteiger partial charge is 0.349 e. The topological polar surface area (TPSA) is 92.5 Å². The second-order valence-corrected chi connectivity index (χ2v) is 4.88. The molecule has 0 fully saturated rings. The van der Waals surface area contributed by atoms with Gasteiger partial charge in [-0.25, -0.2) is 13.9 Å². The first-order valence-electron chi connectivity index (χ1n) is 4.49. The zero-order valence-corrected chi connectivity index (χ0v) is 9.80. The number of carbonyl (C=O) groups is 1. The molecular weight excluding hydrogens is 244 g/mol. The van der Waals surface area contributed by atoms with E-state index in [1.807, 2.05) is 5.32 Å². The summed E-state index contributed by atoms with van der Waals surface area (Å²) in [6, 6.07) is -0.521. The maximum absolute atomic E-state index is 11.8. The lowest BCUT2D eigenvalue weighted by Gasteiger charge is -2.22. The number of amides is 1. The summed E-state index contributed by atoms with van der Waals surface area (Å²) >= 11 is 0. The van der Waals surface area contributed by atoms with Crippen LogP contribution in [0.5, 0.6) is 0 Å². The van der Waals surface area contributed by atoms with E-state index in [2.05, 4.69) is 0 Å². The van der Waals surface area contributed by atoms with Crippen LogP contribution >= 0.6 is 0 Å². The van der Waals surface area contributed by atoms with Gasteiger partial charge in [0.2, 0.25) is 5.91 Å². The molecule has 0 bridgehead atoms. The number of carbonyl (C=O) groups excluding carboxylic acids is 1. The van der Waals surface area contributed by atoms with Gasteiger partial charge in [-0.15, -0.1) is 0 Å². The highest BCUT2D eigenvalue weighted by Crippen LogP contribution is 2.01. The van der Waals surface area contributed by atoms with Crippen LogP contribution in [0.1, 0.15) is 13.8 Å². The van der Waals surface area contributed by atoms with Gasteiger partial charge in [0.05, 0.1) is 13.1 Å². The second kappa shape index (κ2) is 6.06. The van der Waals surface area contributed by atoms with Gasteiger partial charge >= 0.3 is 0 Å². The van der Waals surface area contributed by atoms with E-state index in [0.29, 0.717) is 4.31 Å². The van der Waals surface area contributed by atoms with Crippen LogP contribution in [0.15, 0.2) is 0 Å². The maximum Gasteiger partial charge on any atom is 0.277 e. The Hall–Kier alpha value is -0.800. The van der Waals surface area contributed by atoms with Crippen molar-refractivity contribution < 1.29 is 22.0 Å². The quantitative estimate of drug-likeness (QED) is 0.659. The smallest absolute Gasteiger partial charge is 0.277 e. The number of hydrogen-bond acceptors (Lipinski definition) is 3. The summed E-state index contributed by atoms with van der Waals surface area (Å²) < 4.78 is 46.3. The average molecular weight is 259 g/mol. The Morgan fingerprint density at radius 3 is 2.25 bits per heavy atom. The summed E-state index contributed by atoms with van der Waals surface area (Å²) in [7, 11) is -4.01. The number of halogens is 2. The summed E-state index contributed by atoms with van der Waals surface area (Å²) in [4.78, 5) is 11.1. The second-order valence-electron chi connectivity index (χ2n) is 3.38. The lowest BCUT2D eigenvalue weighted by molar-refractivity contribution is -0.122. The van der Waals surface area contributed by atoms with Crippen molar-refractivity contribution in [2.45, 2.75) is 26.3 Å². The van der Waals surface area contributed by atoms with Crippen molar-refractivity contribution in [1.29, 1.82) is 0 Å². The van der Waals surface area contributed by atoms with Gasteiger partial charge in [0, 0.05) is 6.04 Å². The van der Waals surface area contributed by atoms with Gasteiger partial charge in [-0.1, -0.05) is 0 Å². The standard InChI is InChI=1S/C7H15F2N3O3S/c1-5(2)12(16(10,14)15)4-7(13)11-3-6(8)9/h5-6H,3-4H2,1-2H3,(H,11,13)(H2,10,14,15). The molecule has 0 aliphatic carbocycles. The van der Waals surface area contributed by atoms with Crippen LogP contribution < -0.4 is 10.5 Å². The van der Waals surface area contributed by atoms with Crippen LogP contribution in [-0.4, -0.2) is 44.2 Å². The van der Waals surface area contributed by atoms with Crippen molar-refractivity contribution in [2.75, 3.05) is 13.1 Å². The van der Waals surface area contributed by atoms with Crippen molar-refractivity contribution in [2.24, 2.45) is 5.14 Å². The van der Waals surface area contributed by atoms with Gasteiger partial charge in [-0.05, 0) is 13.8 Å². The number of hydrogen-bond donors (Lipinski definition) is 2. The van der Waals surface area contributed by atoms with Crippen LogP contribution in [0.25, 0.3) is 0 Å². The van der Waals surface area contributed by atoms with E-state index in [9.17, 15) is 22.0 Å². The van der Waals surface area contributed by atoms with Crippen LogP contribution in [0.3, 0.4) is 0 Å². The first-order valence-corrected chi connectivity index (χ1v) is 5.99. The minimum absolute atomic E-state index is 0.521. The van der Waals surface area contributed by atoms with Crippen LogP contribution in [0, 0.1) is 0 Å². The molecule has 0 unspecified atom stereocenters. The van der Waals surface area contributed by atoms with Crippen molar-refractivity contribution in [3.8, 4) is 0 Å². The third-order valence-electron chi connectivity index (χ3n) is 1.66. The highest BCUT2D eigenvalue weighted by Gasteiger charge is 2.23. The SMILES string of the molecule is CC(C)N(CC(=O)NCC(F)F)S(N)(=O)=O. The Labute approximate surface area is 93.0 Å². The van der Waals surface area contributed by atoms with E-state index in [1.165, 1.54) is 13.8 Å². The summed E-state index contributed by atoms with van der Waals surface area (Å²) in [6.45, 7) is 1.66. The molecule has 0 aromatic heterocycles. The normalized spacial score (nSPS) is 12.5. The molecule has 0 spiro atoms. The Morgan fingerprint density at radius 2 is 1.94 bits per heavy atom. The molecule has 0 aliphatic heterocycles. The Bertz CT molecular complexity index is 332. The molecule has 0 saturated heterocycles. The molecule has 16 heavy (non-hydrogen) atoms. The monoisotopic (exact) mass is 259 g/mol. The summed E-state index contributed by atoms with van der Waals surface area (Å²) in [5.74, 6) is -0.817. The van der Waals surface area contributed by atoms with E-state index in [1.54, 1.807) is 0 Å². The number of nitrogens with two attached hydrogens (primary N) is 1. The van der Waals surface area contributed by atoms with E-state index in [4.69, 9.17) is 5.14 Å². The summed E-state index contributed by atoms with van der Waals surface area (Å²) in [5.41, 5.74) is 0. The van der Waals surface area contributed by atoms with E-state index >= 15 is 0 Å². The minimum atomic E-state index is -4.01. The number of rotatable bonds is 6. The fourth-order valence-electron chi connectivity index (χ4n) is 0.955. The molecule has 0 saturated carbocycles. The predicted octanol–water partition coefficient (Wildman–Crippen LogP) is -0.718. The van der Waals surface area contributed by atoms with Gasteiger partial charge in [-0.2, -0.15) is 12.7 Å². The van der Waals surface area contributed by atoms with Crippen LogP contribution in [-0.2, 0) is 15.0 Å². The number of nitrogens with zero attached hydrogens (tertiary/aromatic N) is 1. The Morgan fingerprint density at radius 1 is 1.44 bits per heavy atom. The number of nitrogens with one attached hydrogen (secondary N) is 1. The third kappa shape index (κ3) is 5.93. The van der Waals surface area contributed by atoms with Gasteiger partial charge in [0.25, 0.3) is 16.6 Å². The van der Waals surface area contributed by atoms with Crippen molar-refractivity contribution >= 4 is 16.1 Å². The third-order valence-corrected chi connectivity index (χ3v) is 2.86. The lowest BCUT2D eigenvalue weighted by Crippen LogP contribution is -2.47. The maximum atomic E-state index is 11.8. The zero-order chi connectivity index (χ0) is 12.9. The summed E-state index contributed by atoms with van der Waals surface area (Å²) in [5, 5.41) is 6.74. The zero-order valence-electron chi connectivity index (χ0n) is 8.98. The molecule has 0 radical (unpaired) electrons. The number of alkyl halides is 2. The van der Waals surface area contributed by atoms with E-state index < -0.39 is 41.7 Å². The highest BCUT2D eigenvalue weighted by molar-refractivity contribution is 7.86. The van der Waals surface area contributed by atoms with Gasteiger partial charge < -0.3 is 5.32 Å². The van der Waals surface area contributed by atoms with Crippen molar-refractivity contribution in [1.82, 2.24) is 9.62 Å². The van der Waals surface area contributed by atoms with Gasteiger partial charge in [0.15, 0.2) is 0 Å². The summed E-state index contributed by atoms with van der Waals surface area (Å²) in [6.07, 6.45) is -2.68. The fraction of sp³-hybridized carbons (Fsp3) is 0.857. The first-order chi connectivity index (χ1) is 7.14. The molecular formula is C7H15F2N3O3S. The molecule has 0 aromatic rings. The molecule has 3 N–H and O–H groups in total. The lowest BCUT2D eigenvalue weighted by atomic mass is 10.4. The molecule has 0 atom stereocenters. The van der Waals surface area contributed by atoms with Gasteiger partial charge in [-0.3, -0.25) is 4.79 Å². The average Bonchev–Trinajstić information content (AvgIpc) is 2.08. The molecule has 1 amide bonds. The van der Waals surface area contributed by atoms with E-state index in [-0.39, 0.29) is 0 Å². The van der Waals surface area contributed by atoms with Crippen molar-refractivity contribution in [3.05, 3.63) is 0 Å². The minimum Gasteiger partial charge on any atom is -0.349 e. The van der Waals surface area contributed by atoms with E-state index in [0.717, 1.165) is 0 Å². The molecule has 0 aromatic carbocycles. The molecule has 0 aliphatic rings. The van der Waals surface area contributed by atoms with Crippen LogP contribution in [0.2, 0.25) is 0 Å². The predicted molar refractivity (Wildman–Crippen MR) is 54.0 cm³/mol. The van der Waals surface area contributed by atoms with Gasteiger partial charge in [0.1, 0.15) is 0 Å². The molecule has 9 heteroatoms. The molecule has 6 nitrogen and oxygen atoms in total. The van der Waals surface area contributed by atoms with Crippen molar-refractivity contribution in [3.63, 3.8) is 0 Å². The molecule has 0 heterocycles. The first kappa shape index (κ1) is 15.2. The van der Waals surface area contributed by atoms with Crippen LogP contribution in [0.4, 0.5) is 8.78 Å². The Balaban J connectivity index is 4.38. The fourth-order valence-corrected chi connectivity index (χ4v) is 1.84. The molecule has 96 valence electrons. The highest BCUT2D eigenvalue weighted by atomic mass is 32.2.